The highest BCUT2D eigenvalue weighted by Crippen LogP contribution is 2.19. The van der Waals surface area contributed by atoms with Crippen LogP contribution < -0.4 is 0 Å². The Labute approximate surface area is 87.1 Å². The molecule has 0 radical (unpaired) electrons. The van der Waals surface area contributed by atoms with Crippen LogP contribution in [0.15, 0.2) is 0 Å². The third kappa shape index (κ3) is 3.56. The number of ether oxygens (including phenoxy) is 1. The van der Waals surface area contributed by atoms with E-state index < -0.39 is 5.60 Å². The number of nitrogens with zero attached hydrogens (tertiary/aromatic N) is 1. The summed E-state index contributed by atoms with van der Waals surface area (Å²) in [6.45, 7) is 7.64. The lowest BCUT2D eigenvalue weighted by atomic mass is 10.0. The number of likely N-dealkylation sites (N-methyl/N-ethyl adjacent to an activating group) is 1. The molecule has 0 saturated carbocycles. The molecule has 0 aliphatic carbocycles. The second-order valence-electron chi connectivity index (χ2n) is 4.97. The van der Waals surface area contributed by atoms with E-state index in [0.29, 0.717) is 12.1 Å². The van der Waals surface area contributed by atoms with Crippen LogP contribution in [0, 0.1) is 0 Å². The molecule has 0 aromatic rings. The van der Waals surface area contributed by atoms with Gasteiger partial charge in [0.05, 0.1) is 11.7 Å². The van der Waals surface area contributed by atoms with Crippen molar-refractivity contribution < 1.29 is 9.84 Å². The van der Waals surface area contributed by atoms with Crippen molar-refractivity contribution >= 4 is 0 Å². The first-order valence-electron chi connectivity index (χ1n) is 5.44. The average molecular weight is 201 g/mol. The minimum absolute atomic E-state index is 0.335. The molecule has 1 aliphatic heterocycles. The van der Waals surface area contributed by atoms with Crippen molar-refractivity contribution in [2.45, 2.75) is 51.4 Å². The number of hydrogen-bond donors (Lipinski definition) is 1. The van der Waals surface area contributed by atoms with Crippen LogP contribution >= 0.6 is 0 Å². The Hall–Kier alpha value is -0.120. The summed E-state index contributed by atoms with van der Waals surface area (Å²) in [6, 6.07) is 0.525. The van der Waals surface area contributed by atoms with Gasteiger partial charge in [-0.2, -0.15) is 0 Å². The van der Waals surface area contributed by atoms with Gasteiger partial charge < -0.3 is 14.7 Å². The highest BCUT2D eigenvalue weighted by atomic mass is 16.5. The van der Waals surface area contributed by atoms with Gasteiger partial charge in [0.15, 0.2) is 0 Å². The molecule has 3 heteroatoms. The van der Waals surface area contributed by atoms with E-state index in [1.807, 2.05) is 13.8 Å². The topological polar surface area (TPSA) is 32.7 Å². The lowest BCUT2D eigenvalue weighted by Crippen LogP contribution is -2.39. The van der Waals surface area contributed by atoms with E-state index in [-0.39, 0.29) is 0 Å². The molecule has 1 saturated heterocycles. The van der Waals surface area contributed by atoms with Crippen molar-refractivity contribution in [1.82, 2.24) is 4.90 Å². The van der Waals surface area contributed by atoms with Gasteiger partial charge >= 0.3 is 0 Å². The SMILES string of the molecule is CC1OCCC1N(C)CCC(C)(C)O. The Morgan fingerprint density at radius 1 is 1.50 bits per heavy atom. The first-order valence-corrected chi connectivity index (χ1v) is 5.44. The second kappa shape index (κ2) is 4.60. The molecule has 0 aromatic carbocycles. The zero-order chi connectivity index (χ0) is 10.8. The van der Waals surface area contributed by atoms with Crippen molar-refractivity contribution in [3.8, 4) is 0 Å². The van der Waals surface area contributed by atoms with E-state index in [1.165, 1.54) is 0 Å². The van der Waals surface area contributed by atoms with Crippen LogP contribution in [-0.4, -0.2) is 48.0 Å². The van der Waals surface area contributed by atoms with Gasteiger partial charge in [0.1, 0.15) is 0 Å². The highest BCUT2D eigenvalue weighted by Gasteiger charge is 2.28. The molecule has 84 valence electrons. The lowest BCUT2D eigenvalue weighted by molar-refractivity contribution is 0.0434. The first-order chi connectivity index (χ1) is 6.40. The average Bonchev–Trinajstić information content (AvgIpc) is 2.46. The molecule has 1 aliphatic rings. The van der Waals surface area contributed by atoms with Crippen LogP contribution in [0.5, 0.6) is 0 Å². The molecule has 1 N–H and O–H groups in total. The van der Waals surface area contributed by atoms with E-state index in [0.717, 1.165) is 26.0 Å². The molecular weight excluding hydrogens is 178 g/mol. The quantitative estimate of drug-likeness (QED) is 0.743. The van der Waals surface area contributed by atoms with Gasteiger partial charge in [-0.1, -0.05) is 0 Å². The zero-order valence-electron chi connectivity index (χ0n) is 9.79. The van der Waals surface area contributed by atoms with Crippen LogP contribution in [0.25, 0.3) is 0 Å². The molecule has 1 fully saturated rings. The molecule has 2 unspecified atom stereocenters. The predicted octanol–water partition coefficient (Wildman–Crippen LogP) is 1.26. The Balaban J connectivity index is 2.31. The maximum atomic E-state index is 9.62. The van der Waals surface area contributed by atoms with E-state index in [9.17, 15) is 5.11 Å². The normalized spacial score (nSPS) is 28.7. The van der Waals surface area contributed by atoms with Crippen molar-refractivity contribution in [1.29, 1.82) is 0 Å². The molecule has 14 heavy (non-hydrogen) atoms. The summed E-state index contributed by atoms with van der Waals surface area (Å²) in [4.78, 5) is 2.30. The van der Waals surface area contributed by atoms with Crippen LogP contribution in [0.1, 0.15) is 33.6 Å². The van der Waals surface area contributed by atoms with Crippen molar-refractivity contribution in [2.75, 3.05) is 20.2 Å². The first kappa shape index (κ1) is 12.0. The summed E-state index contributed by atoms with van der Waals surface area (Å²) in [5, 5.41) is 9.62. The van der Waals surface area contributed by atoms with E-state index in [1.54, 1.807) is 0 Å². The van der Waals surface area contributed by atoms with E-state index in [4.69, 9.17) is 4.74 Å². The monoisotopic (exact) mass is 201 g/mol. The van der Waals surface area contributed by atoms with Gasteiger partial charge in [0, 0.05) is 19.2 Å². The van der Waals surface area contributed by atoms with Gasteiger partial charge in [-0.25, -0.2) is 0 Å². The summed E-state index contributed by atoms with van der Waals surface area (Å²) in [7, 11) is 2.11. The molecule has 3 nitrogen and oxygen atoms in total. The molecule has 0 amide bonds. The molecule has 1 heterocycles. The fourth-order valence-corrected chi connectivity index (χ4v) is 1.92. The fraction of sp³-hybridized carbons (Fsp3) is 1.00. The summed E-state index contributed by atoms with van der Waals surface area (Å²) >= 11 is 0. The van der Waals surface area contributed by atoms with Gasteiger partial charge in [0.25, 0.3) is 0 Å². The van der Waals surface area contributed by atoms with Crippen LogP contribution in [0.2, 0.25) is 0 Å². The molecule has 0 spiro atoms. The Morgan fingerprint density at radius 3 is 2.57 bits per heavy atom. The largest absolute Gasteiger partial charge is 0.390 e. The molecule has 0 bridgehead atoms. The third-order valence-electron chi connectivity index (χ3n) is 2.98. The molecular formula is C11H23NO2. The summed E-state index contributed by atoms with van der Waals surface area (Å²) < 4.78 is 5.51. The number of aliphatic hydroxyl groups is 1. The van der Waals surface area contributed by atoms with Crippen LogP contribution in [0.4, 0.5) is 0 Å². The Bertz CT molecular complexity index is 177. The standard InChI is InChI=1S/C11H23NO2/c1-9-10(5-8-14-9)12(4)7-6-11(2,3)13/h9-10,13H,5-8H2,1-4H3. The molecule has 2 atom stereocenters. The van der Waals surface area contributed by atoms with E-state index in [2.05, 4.69) is 18.9 Å². The molecule has 1 rings (SSSR count). The second-order valence-corrected chi connectivity index (χ2v) is 4.97. The van der Waals surface area contributed by atoms with Gasteiger partial charge in [-0.05, 0) is 40.7 Å². The van der Waals surface area contributed by atoms with Crippen molar-refractivity contribution in [3.05, 3.63) is 0 Å². The predicted molar refractivity (Wildman–Crippen MR) is 57.4 cm³/mol. The van der Waals surface area contributed by atoms with Gasteiger partial charge in [-0.3, -0.25) is 0 Å². The van der Waals surface area contributed by atoms with Crippen molar-refractivity contribution in [3.63, 3.8) is 0 Å². The minimum Gasteiger partial charge on any atom is -0.390 e. The Kier molecular flexibility index (Phi) is 3.93. The maximum Gasteiger partial charge on any atom is 0.0702 e. The zero-order valence-corrected chi connectivity index (χ0v) is 9.79. The van der Waals surface area contributed by atoms with Gasteiger partial charge in [0.2, 0.25) is 0 Å². The summed E-state index contributed by atoms with van der Waals surface area (Å²) in [5.74, 6) is 0. The summed E-state index contributed by atoms with van der Waals surface area (Å²) in [5.41, 5.74) is -0.559. The van der Waals surface area contributed by atoms with E-state index >= 15 is 0 Å². The third-order valence-corrected chi connectivity index (χ3v) is 2.98. The maximum absolute atomic E-state index is 9.62. The van der Waals surface area contributed by atoms with Crippen LogP contribution in [0.3, 0.4) is 0 Å². The van der Waals surface area contributed by atoms with Crippen LogP contribution in [-0.2, 0) is 4.74 Å². The summed E-state index contributed by atoms with van der Waals surface area (Å²) in [6.07, 6.45) is 2.26. The highest BCUT2D eigenvalue weighted by molar-refractivity contribution is 4.81. The minimum atomic E-state index is -0.559. The van der Waals surface area contributed by atoms with Crippen molar-refractivity contribution in [2.24, 2.45) is 0 Å². The van der Waals surface area contributed by atoms with Gasteiger partial charge in [-0.15, -0.1) is 0 Å². The lowest BCUT2D eigenvalue weighted by Gasteiger charge is -2.29. The Morgan fingerprint density at radius 2 is 2.14 bits per heavy atom. The fourth-order valence-electron chi connectivity index (χ4n) is 1.92. The smallest absolute Gasteiger partial charge is 0.0702 e. The number of rotatable bonds is 4. The molecule has 0 aromatic heterocycles. The number of hydrogen-bond acceptors (Lipinski definition) is 3.